The molecule has 6 heteroatoms. The highest BCUT2D eigenvalue weighted by Gasteiger charge is 2.09. The lowest BCUT2D eigenvalue weighted by molar-refractivity contribution is -0.384. The Morgan fingerprint density at radius 1 is 1.24 bits per heavy atom. The van der Waals surface area contributed by atoms with Crippen LogP contribution in [0.2, 0.25) is 0 Å². The van der Waals surface area contributed by atoms with Gasteiger partial charge in [0.25, 0.3) is 5.69 Å². The lowest BCUT2D eigenvalue weighted by Crippen LogP contribution is -2.14. The van der Waals surface area contributed by atoms with Crippen molar-refractivity contribution in [3.63, 3.8) is 0 Å². The van der Waals surface area contributed by atoms with E-state index in [9.17, 15) is 20.0 Å². The molecule has 0 aromatic heterocycles. The summed E-state index contributed by atoms with van der Waals surface area (Å²) in [6, 6.07) is 5.11. The van der Waals surface area contributed by atoms with Gasteiger partial charge in [-0.1, -0.05) is 12.7 Å². The third kappa shape index (κ3) is 3.30. The SMILES string of the molecule is CC(=O)/C(Oc1ccc([N+](=O)[O-])cc1)=C(/C)[O-]. The number of hydrogen-bond acceptors (Lipinski definition) is 5. The number of carbonyl (C=O) groups is 1. The third-order valence-corrected chi connectivity index (χ3v) is 1.91. The lowest BCUT2D eigenvalue weighted by atomic mass is 10.3. The third-order valence-electron chi connectivity index (χ3n) is 1.91. The zero-order chi connectivity index (χ0) is 13.0. The molecule has 0 unspecified atom stereocenters. The first-order valence-electron chi connectivity index (χ1n) is 4.73. The fraction of sp³-hybridized carbons (Fsp3) is 0.182. The largest absolute Gasteiger partial charge is 0.873 e. The van der Waals surface area contributed by atoms with Crippen molar-refractivity contribution in [1.29, 1.82) is 0 Å². The molecule has 0 radical (unpaired) electrons. The molecule has 0 saturated heterocycles. The van der Waals surface area contributed by atoms with E-state index in [1.54, 1.807) is 0 Å². The van der Waals surface area contributed by atoms with Crippen molar-refractivity contribution in [3.8, 4) is 5.75 Å². The average Bonchev–Trinajstić information content (AvgIpc) is 2.25. The van der Waals surface area contributed by atoms with E-state index in [1.807, 2.05) is 0 Å². The van der Waals surface area contributed by atoms with Crippen molar-refractivity contribution < 1.29 is 19.6 Å². The Morgan fingerprint density at radius 2 is 1.76 bits per heavy atom. The number of ketones is 1. The molecule has 0 amide bonds. The molecule has 0 saturated carbocycles. The number of allylic oxidation sites excluding steroid dienone is 2. The summed E-state index contributed by atoms with van der Waals surface area (Å²) in [5, 5.41) is 21.5. The maximum atomic E-state index is 11.1. The molecule has 17 heavy (non-hydrogen) atoms. The molecule has 1 aromatic carbocycles. The van der Waals surface area contributed by atoms with Crippen LogP contribution in [0.1, 0.15) is 13.8 Å². The number of nitrogens with zero attached hydrogens (tertiary/aromatic N) is 1. The van der Waals surface area contributed by atoms with E-state index in [2.05, 4.69) is 0 Å². The minimum absolute atomic E-state index is 0.0930. The number of ether oxygens (including phenoxy) is 1. The Bertz CT molecular complexity index is 471. The summed E-state index contributed by atoms with van der Waals surface area (Å²) in [6.45, 7) is 2.42. The number of non-ortho nitro benzene ring substituents is 1. The zero-order valence-electron chi connectivity index (χ0n) is 9.30. The van der Waals surface area contributed by atoms with Gasteiger partial charge in [-0.15, -0.1) is 0 Å². The van der Waals surface area contributed by atoms with Crippen LogP contribution in [-0.2, 0) is 4.79 Å². The molecule has 0 bridgehead atoms. The molecule has 1 rings (SSSR count). The molecular formula is C11H10NO5-. The summed E-state index contributed by atoms with van der Waals surface area (Å²) in [5.41, 5.74) is -0.0930. The molecule has 0 fully saturated rings. The van der Waals surface area contributed by atoms with Gasteiger partial charge in [0.2, 0.25) is 0 Å². The molecule has 0 N–H and O–H groups in total. The van der Waals surface area contributed by atoms with Gasteiger partial charge in [0, 0.05) is 19.1 Å². The van der Waals surface area contributed by atoms with E-state index >= 15 is 0 Å². The summed E-state index contributed by atoms with van der Waals surface area (Å²) < 4.78 is 5.07. The molecule has 0 atom stereocenters. The maximum absolute atomic E-state index is 11.1. The second-order valence-electron chi connectivity index (χ2n) is 3.29. The Labute approximate surface area is 97.3 Å². The minimum atomic E-state index is -0.551. The summed E-state index contributed by atoms with van der Waals surface area (Å²) in [6.07, 6.45) is 0. The smallest absolute Gasteiger partial charge is 0.269 e. The van der Waals surface area contributed by atoms with Crippen LogP contribution in [0.25, 0.3) is 0 Å². The topological polar surface area (TPSA) is 92.5 Å². The van der Waals surface area contributed by atoms with Gasteiger partial charge in [0.1, 0.15) is 5.75 Å². The first-order chi connectivity index (χ1) is 7.91. The van der Waals surface area contributed by atoms with Crippen molar-refractivity contribution in [3.05, 3.63) is 45.9 Å². The van der Waals surface area contributed by atoms with Gasteiger partial charge in [-0.25, -0.2) is 0 Å². The number of carbonyl (C=O) groups excluding carboxylic acids is 1. The molecule has 0 spiro atoms. The molecule has 0 aliphatic heterocycles. The summed E-state index contributed by atoms with van der Waals surface area (Å²) in [4.78, 5) is 20.9. The van der Waals surface area contributed by atoms with Crippen LogP contribution < -0.4 is 9.84 Å². The lowest BCUT2D eigenvalue weighted by Gasteiger charge is -2.13. The number of benzene rings is 1. The quantitative estimate of drug-likeness (QED) is 0.338. The first-order valence-corrected chi connectivity index (χ1v) is 4.73. The second kappa shape index (κ2) is 5.11. The van der Waals surface area contributed by atoms with E-state index in [1.165, 1.54) is 38.1 Å². The highest BCUT2D eigenvalue weighted by molar-refractivity contribution is 5.91. The molecule has 6 nitrogen and oxygen atoms in total. The zero-order valence-corrected chi connectivity index (χ0v) is 9.30. The van der Waals surface area contributed by atoms with Gasteiger partial charge in [-0.3, -0.25) is 14.9 Å². The predicted molar refractivity (Wildman–Crippen MR) is 57.1 cm³/mol. The summed E-state index contributed by atoms with van der Waals surface area (Å²) in [7, 11) is 0. The van der Waals surface area contributed by atoms with Crippen LogP contribution in [0.3, 0.4) is 0 Å². The summed E-state index contributed by atoms with van der Waals surface area (Å²) >= 11 is 0. The Balaban J connectivity index is 2.93. The van der Waals surface area contributed by atoms with Crippen LogP contribution >= 0.6 is 0 Å². The van der Waals surface area contributed by atoms with E-state index in [-0.39, 0.29) is 17.2 Å². The number of Topliss-reactive ketones (excluding diaryl/α,β-unsaturated/α-hetero) is 1. The summed E-state index contributed by atoms with van der Waals surface area (Å²) in [5.74, 6) is -1.07. The number of hydrogen-bond donors (Lipinski definition) is 0. The van der Waals surface area contributed by atoms with Gasteiger partial charge in [-0.05, 0) is 12.1 Å². The minimum Gasteiger partial charge on any atom is -0.873 e. The van der Waals surface area contributed by atoms with Crippen LogP contribution in [0.4, 0.5) is 5.69 Å². The number of rotatable bonds is 4. The van der Waals surface area contributed by atoms with Crippen molar-refractivity contribution in [2.24, 2.45) is 0 Å². The highest BCUT2D eigenvalue weighted by atomic mass is 16.6. The first kappa shape index (κ1) is 12.7. The Kier molecular flexibility index (Phi) is 3.82. The monoisotopic (exact) mass is 236 g/mol. The molecular weight excluding hydrogens is 226 g/mol. The van der Waals surface area contributed by atoms with Gasteiger partial charge < -0.3 is 9.84 Å². The number of nitro benzene ring substituents is 1. The normalized spacial score (nSPS) is 11.6. The Morgan fingerprint density at radius 3 is 2.12 bits per heavy atom. The fourth-order valence-electron chi connectivity index (χ4n) is 1.15. The second-order valence-corrected chi connectivity index (χ2v) is 3.29. The van der Waals surface area contributed by atoms with Gasteiger partial charge >= 0.3 is 0 Å². The molecule has 0 aliphatic carbocycles. The van der Waals surface area contributed by atoms with E-state index in [0.717, 1.165) is 0 Å². The van der Waals surface area contributed by atoms with Crippen LogP contribution in [0, 0.1) is 10.1 Å². The standard InChI is InChI=1S/C11H11NO5/c1-7(13)11(8(2)14)17-10-5-3-9(4-6-10)12(15)16/h3-6,13H,1-2H3/p-1/b11-7+. The Hall–Kier alpha value is -2.37. The van der Waals surface area contributed by atoms with Crippen molar-refractivity contribution in [1.82, 2.24) is 0 Å². The fourth-order valence-corrected chi connectivity index (χ4v) is 1.15. The van der Waals surface area contributed by atoms with Crippen LogP contribution in [0.15, 0.2) is 35.8 Å². The van der Waals surface area contributed by atoms with E-state index in [0.29, 0.717) is 0 Å². The number of nitro groups is 1. The van der Waals surface area contributed by atoms with E-state index in [4.69, 9.17) is 4.74 Å². The maximum Gasteiger partial charge on any atom is 0.269 e. The predicted octanol–water partition coefficient (Wildman–Crippen LogP) is 1.15. The van der Waals surface area contributed by atoms with Crippen LogP contribution in [-0.4, -0.2) is 10.7 Å². The molecule has 90 valence electrons. The highest BCUT2D eigenvalue weighted by Crippen LogP contribution is 2.19. The van der Waals surface area contributed by atoms with Crippen molar-refractivity contribution in [2.75, 3.05) is 0 Å². The van der Waals surface area contributed by atoms with E-state index < -0.39 is 16.5 Å². The van der Waals surface area contributed by atoms with Gasteiger partial charge in [0.15, 0.2) is 11.5 Å². The van der Waals surface area contributed by atoms with Gasteiger partial charge in [-0.2, -0.15) is 0 Å². The van der Waals surface area contributed by atoms with Crippen LogP contribution in [0.5, 0.6) is 5.75 Å². The van der Waals surface area contributed by atoms with Crippen molar-refractivity contribution in [2.45, 2.75) is 13.8 Å². The van der Waals surface area contributed by atoms with Crippen molar-refractivity contribution >= 4 is 11.5 Å². The average molecular weight is 236 g/mol. The molecule has 0 heterocycles. The van der Waals surface area contributed by atoms with Gasteiger partial charge in [0.05, 0.1) is 4.92 Å². The molecule has 0 aliphatic rings. The molecule has 1 aromatic rings.